The highest BCUT2D eigenvalue weighted by Gasteiger charge is 2.37. The lowest BCUT2D eigenvalue weighted by molar-refractivity contribution is -0.0311. The summed E-state index contributed by atoms with van der Waals surface area (Å²) < 4.78 is 10.8. The van der Waals surface area contributed by atoms with Crippen LogP contribution in [0.15, 0.2) is 54.6 Å². The van der Waals surface area contributed by atoms with Gasteiger partial charge in [-0.25, -0.2) is 9.59 Å². The Labute approximate surface area is 171 Å². The predicted molar refractivity (Wildman–Crippen MR) is 110 cm³/mol. The minimum Gasteiger partial charge on any atom is -0.465 e. The van der Waals surface area contributed by atoms with Gasteiger partial charge in [0.25, 0.3) is 0 Å². The third-order valence-corrected chi connectivity index (χ3v) is 5.83. The molecule has 0 aromatic heterocycles. The standard InChI is InChI=1S/C23H26N2O4/c1-28-22(26)19-7-5-6-17(14-19)15-25(20-8-3-2-4-9-20)23(27)29-21-16-24-12-10-18(21)11-13-24/h2-9,14,18,21H,10-13,15-16H2,1H3/t21-/m0/s1. The number of rotatable bonds is 5. The fourth-order valence-corrected chi connectivity index (χ4v) is 4.20. The van der Waals surface area contributed by atoms with Gasteiger partial charge in [-0.1, -0.05) is 30.3 Å². The average molecular weight is 394 g/mol. The van der Waals surface area contributed by atoms with Gasteiger partial charge in [-0.05, 0) is 61.7 Å². The van der Waals surface area contributed by atoms with Crippen molar-refractivity contribution in [1.82, 2.24) is 4.90 Å². The Hall–Kier alpha value is -2.86. The van der Waals surface area contributed by atoms with Crippen LogP contribution in [-0.2, 0) is 16.0 Å². The lowest BCUT2D eigenvalue weighted by Gasteiger charge is -2.44. The Morgan fingerprint density at radius 3 is 2.48 bits per heavy atom. The molecular weight excluding hydrogens is 368 g/mol. The fourth-order valence-electron chi connectivity index (χ4n) is 4.20. The van der Waals surface area contributed by atoms with E-state index in [-0.39, 0.29) is 12.2 Å². The summed E-state index contributed by atoms with van der Waals surface area (Å²) in [7, 11) is 1.36. The van der Waals surface area contributed by atoms with Gasteiger partial charge in [0.05, 0.1) is 19.2 Å². The van der Waals surface area contributed by atoms with Crippen LogP contribution in [0.4, 0.5) is 10.5 Å². The van der Waals surface area contributed by atoms with Gasteiger partial charge in [0.2, 0.25) is 0 Å². The van der Waals surface area contributed by atoms with Gasteiger partial charge >= 0.3 is 12.1 Å². The van der Waals surface area contributed by atoms with E-state index >= 15 is 0 Å². The summed E-state index contributed by atoms with van der Waals surface area (Å²) >= 11 is 0. The van der Waals surface area contributed by atoms with E-state index in [1.807, 2.05) is 36.4 Å². The number of esters is 1. The topological polar surface area (TPSA) is 59.1 Å². The molecular formula is C23H26N2O4. The summed E-state index contributed by atoms with van der Waals surface area (Å²) in [5.74, 6) is 0.0530. The molecule has 2 bridgehead atoms. The maximum atomic E-state index is 13.2. The molecule has 0 N–H and O–H groups in total. The molecule has 6 nitrogen and oxygen atoms in total. The van der Waals surface area contributed by atoms with Gasteiger partial charge in [-0.15, -0.1) is 0 Å². The second-order valence-electron chi connectivity index (χ2n) is 7.67. The lowest BCUT2D eigenvalue weighted by atomic mass is 9.86. The van der Waals surface area contributed by atoms with E-state index in [0.29, 0.717) is 18.0 Å². The molecule has 6 heteroatoms. The number of piperidine rings is 3. The normalized spacial score (nSPS) is 22.7. The molecule has 0 saturated carbocycles. The van der Waals surface area contributed by atoms with Crippen LogP contribution in [0.2, 0.25) is 0 Å². The van der Waals surface area contributed by atoms with Crippen LogP contribution >= 0.6 is 0 Å². The average Bonchev–Trinajstić information content (AvgIpc) is 2.78. The first kappa shape index (κ1) is 19.5. The molecule has 152 valence electrons. The minimum atomic E-state index is -0.395. The number of fused-ring (bicyclic) bond motifs is 3. The van der Waals surface area contributed by atoms with Gasteiger partial charge in [0.15, 0.2) is 0 Å². The van der Waals surface area contributed by atoms with Crippen LogP contribution in [0.1, 0.15) is 28.8 Å². The Bertz CT molecular complexity index is 862. The first-order chi connectivity index (χ1) is 14.1. The van der Waals surface area contributed by atoms with Gasteiger partial charge in [0.1, 0.15) is 6.10 Å². The Morgan fingerprint density at radius 2 is 1.83 bits per heavy atom. The number of anilines is 1. The maximum absolute atomic E-state index is 13.2. The Kier molecular flexibility index (Phi) is 5.81. The molecule has 2 aromatic carbocycles. The number of carbonyl (C=O) groups is 2. The third-order valence-electron chi connectivity index (χ3n) is 5.83. The van der Waals surface area contributed by atoms with E-state index in [9.17, 15) is 9.59 Å². The number of methoxy groups -OCH3 is 1. The lowest BCUT2D eigenvalue weighted by Crippen LogP contribution is -2.53. The third kappa shape index (κ3) is 4.43. The van der Waals surface area contributed by atoms with Crippen molar-refractivity contribution in [2.45, 2.75) is 25.5 Å². The molecule has 3 fully saturated rings. The fraction of sp³-hybridized carbons (Fsp3) is 0.391. The number of amides is 1. The van der Waals surface area contributed by atoms with Crippen LogP contribution in [0, 0.1) is 5.92 Å². The number of hydrogen-bond acceptors (Lipinski definition) is 5. The quantitative estimate of drug-likeness (QED) is 0.724. The molecule has 3 aliphatic rings. The van der Waals surface area contributed by atoms with Gasteiger partial charge in [-0.3, -0.25) is 9.80 Å². The molecule has 0 radical (unpaired) electrons. The van der Waals surface area contributed by atoms with Crippen LogP contribution in [0.3, 0.4) is 0 Å². The molecule has 3 aliphatic heterocycles. The number of para-hydroxylation sites is 1. The van der Waals surface area contributed by atoms with Crippen molar-refractivity contribution in [2.75, 3.05) is 31.6 Å². The van der Waals surface area contributed by atoms with E-state index in [1.165, 1.54) is 7.11 Å². The molecule has 2 aromatic rings. The molecule has 0 unspecified atom stereocenters. The molecule has 0 spiro atoms. The SMILES string of the molecule is COC(=O)c1cccc(CN(C(=O)O[C@H]2CN3CCC2CC3)c2ccccc2)c1. The zero-order valence-electron chi connectivity index (χ0n) is 16.6. The molecule has 3 saturated heterocycles. The van der Waals surface area contributed by atoms with E-state index in [1.54, 1.807) is 23.1 Å². The van der Waals surface area contributed by atoms with Gasteiger partial charge < -0.3 is 9.47 Å². The molecule has 1 atom stereocenters. The van der Waals surface area contributed by atoms with Crippen LogP contribution in [-0.4, -0.2) is 49.8 Å². The van der Waals surface area contributed by atoms with Crippen molar-refractivity contribution < 1.29 is 19.1 Å². The van der Waals surface area contributed by atoms with Crippen LogP contribution in [0.5, 0.6) is 0 Å². The van der Waals surface area contributed by atoms with E-state index in [2.05, 4.69) is 4.90 Å². The second-order valence-corrected chi connectivity index (χ2v) is 7.67. The van der Waals surface area contributed by atoms with Crippen molar-refractivity contribution >= 4 is 17.7 Å². The highest BCUT2D eigenvalue weighted by atomic mass is 16.6. The molecule has 3 heterocycles. The predicted octanol–water partition coefficient (Wildman–Crippen LogP) is 3.71. The molecule has 0 aliphatic carbocycles. The second kappa shape index (κ2) is 8.66. The largest absolute Gasteiger partial charge is 0.465 e. The van der Waals surface area contributed by atoms with E-state index in [0.717, 1.165) is 43.7 Å². The molecule has 5 rings (SSSR count). The van der Waals surface area contributed by atoms with Gasteiger partial charge in [0, 0.05) is 12.2 Å². The van der Waals surface area contributed by atoms with Gasteiger partial charge in [-0.2, -0.15) is 0 Å². The van der Waals surface area contributed by atoms with Crippen molar-refractivity contribution in [3.63, 3.8) is 0 Å². The Morgan fingerprint density at radius 1 is 1.07 bits per heavy atom. The zero-order chi connectivity index (χ0) is 20.2. The molecule has 29 heavy (non-hydrogen) atoms. The Balaban J connectivity index is 1.54. The van der Waals surface area contributed by atoms with Crippen molar-refractivity contribution in [3.05, 3.63) is 65.7 Å². The van der Waals surface area contributed by atoms with Crippen LogP contribution < -0.4 is 4.90 Å². The number of hydrogen-bond donors (Lipinski definition) is 0. The smallest absolute Gasteiger partial charge is 0.414 e. The maximum Gasteiger partial charge on any atom is 0.414 e. The number of ether oxygens (including phenoxy) is 2. The highest BCUT2D eigenvalue weighted by Crippen LogP contribution is 2.30. The first-order valence-corrected chi connectivity index (χ1v) is 10.1. The summed E-state index contributed by atoms with van der Waals surface area (Å²) in [5.41, 5.74) is 2.06. The monoisotopic (exact) mass is 394 g/mol. The summed E-state index contributed by atoms with van der Waals surface area (Å²) in [6.07, 6.45) is 1.77. The number of nitrogens with zero attached hydrogens (tertiary/aromatic N) is 2. The first-order valence-electron chi connectivity index (χ1n) is 10.1. The summed E-state index contributed by atoms with van der Waals surface area (Å²) in [6.45, 7) is 3.33. The zero-order valence-corrected chi connectivity index (χ0v) is 16.6. The van der Waals surface area contributed by atoms with E-state index in [4.69, 9.17) is 9.47 Å². The van der Waals surface area contributed by atoms with Crippen molar-refractivity contribution in [1.29, 1.82) is 0 Å². The summed E-state index contributed by atoms with van der Waals surface area (Å²) in [6, 6.07) is 16.6. The minimum absolute atomic E-state index is 0.0578. The van der Waals surface area contributed by atoms with Crippen molar-refractivity contribution in [3.8, 4) is 0 Å². The van der Waals surface area contributed by atoms with Crippen LogP contribution in [0.25, 0.3) is 0 Å². The van der Waals surface area contributed by atoms with Crippen molar-refractivity contribution in [2.24, 2.45) is 5.92 Å². The number of carbonyl (C=O) groups excluding carboxylic acids is 2. The molecule has 1 amide bonds. The summed E-state index contributed by atoms with van der Waals surface area (Å²) in [5, 5.41) is 0. The summed E-state index contributed by atoms with van der Waals surface area (Å²) in [4.78, 5) is 29.0. The van der Waals surface area contributed by atoms with E-state index < -0.39 is 5.97 Å². The number of benzene rings is 2. The highest BCUT2D eigenvalue weighted by molar-refractivity contribution is 5.90.